The molecule has 2 aromatic rings. The highest BCUT2D eigenvalue weighted by molar-refractivity contribution is 5.98. The molecule has 2 amide bonds. The summed E-state index contributed by atoms with van der Waals surface area (Å²) >= 11 is 0. The van der Waals surface area contributed by atoms with E-state index < -0.39 is 11.6 Å². The van der Waals surface area contributed by atoms with E-state index in [1.54, 1.807) is 6.92 Å². The summed E-state index contributed by atoms with van der Waals surface area (Å²) in [4.78, 5) is 27.8. The van der Waals surface area contributed by atoms with Crippen molar-refractivity contribution in [2.75, 3.05) is 29.2 Å². The molecule has 6 heteroatoms. The minimum Gasteiger partial charge on any atom is -0.465 e. The van der Waals surface area contributed by atoms with Gasteiger partial charge >= 0.3 is 6.09 Å². The second kappa shape index (κ2) is 7.10. The van der Waals surface area contributed by atoms with E-state index in [1.165, 1.54) is 0 Å². The number of anilines is 3. The summed E-state index contributed by atoms with van der Waals surface area (Å²) in [6, 6.07) is 14.0. The number of fused-ring (bicyclic) bond motifs is 1. The van der Waals surface area contributed by atoms with Crippen LogP contribution in [0.1, 0.15) is 45.2 Å². The summed E-state index contributed by atoms with van der Waals surface area (Å²) in [5.74, 6) is -0.0324. The van der Waals surface area contributed by atoms with Crippen molar-refractivity contribution < 1.29 is 14.7 Å². The molecule has 0 fully saturated rings. The van der Waals surface area contributed by atoms with E-state index in [0.29, 0.717) is 17.8 Å². The second-order valence-electron chi connectivity index (χ2n) is 8.75. The Morgan fingerprint density at radius 2 is 1.72 bits per heavy atom. The lowest BCUT2D eigenvalue weighted by molar-refractivity contribution is -0.117. The van der Waals surface area contributed by atoms with Crippen LogP contribution in [-0.2, 0) is 10.2 Å². The summed E-state index contributed by atoms with van der Waals surface area (Å²) in [5.41, 5.74) is 3.32. The van der Waals surface area contributed by atoms with Gasteiger partial charge in [-0.1, -0.05) is 37.3 Å². The zero-order valence-corrected chi connectivity index (χ0v) is 17.9. The number of carboxylic acid groups (broad SMARTS) is 1. The molecule has 6 nitrogen and oxygen atoms in total. The molecule has 2 N–H and O–H groups in total. The monoisotopic (exact) mass is 395 g/mol. The van der Waals surface area contributed by atoms with Crippen molar-refractivity contribution in [3.05, 3.63) is 53.6 Å². The van der Waals surface area contributed by atoms with Crippen molar-refractivity contribution in [2.24, 2.45) is 0 Å². The van der Waals surface area contributed by atoms with Crippen molar-refractivity contribution in [1.82, 2.24) is 0 Å². The van der Waals surface area contributed by atoms with Crippen LogP contribution in [0.2, 0.25) is 0 Å². The lowest BCUT2D eigenvalue weighted by Gasteiger charge is -2.51. The standard InChI is InChI=1S/C23H29N3O3/c1-15(27)26-19-13-20(25(5)6)18(24-21(28)29)12-17(19)23(4,14-22(26,2)3)16-10-8-7-9-11-16/h7-13,24H,14H2,1-6H3,(H,28,29). The van der Waals surface area contributed by atoms with Gasteiger partial charge in [-0.15, -0.1) is 0 Å². The Labute approximate surface area is 172 Å². The van der Waals surface area contributed by atoms with E-state index >= 15 is 0 Å². The number of carbonyl (C=O) groups excluding carboxylic acids is 1. The largest absolute Gasteiger partial charge is 0.465 e. The maximum Gasteiger partial charge on any atom is 0.409 e. The van der Waals surface area contributed by atoms with Gasteiger partial charge in [-0.3, -0.25) is 10.1 Å². The highest BCUT2D eigenvalue weighted by Gasteiger charge is 2.47. The quantitative estimate of drug-likeness (QED) is 0.791. The van der Waals surface area contributed by atoms with E-state index in [2.05, 4.69) is 38.2 Å². The molecule has 1 unspecified atom stereocenters. The van der Waals surface area contributed by atoms with Gasteiger partial charge < -0.3 is 14.9 Å². The Kier molecular flexibility index (Phi) is 5.07. The summed E-state index contributed by atoms with van der Waals surface area (Å²) in [6.45, 7) is 7.91. The predicted octanol–water partition coefficient (Wildman–Crippen LogP) is 4.68. The molecule has 0 saturated carbocycles. The molecule has 1 aliphatic rings. The van der Waals surface area contributed by atoms with Gasteiger partial charge in [-0.05, 0) is 43.5 Å². The maximum absolute atomic E-state index is 12.7. The molecule has 154 valence electrons. The van der Waals surface area contributed by atoms with Gasteiger partial charge in [0.15, 0.2) is 0 Å². The highest BCUT2D eigenvalue weighted by Crippen LogP contribution is 2.52. The maximum atomic E-state index is 12.7. The van der Waals surface area contributed by atoms with Crippen LogP contribution in [0.25, 0.3) is 0 Å². The van der Waals surface area contributed by atoms with Gasteiger partial charge in [0, 0.05) is 32.0 Å². The summed E-state index contributed by atoms with van der Waals surface area (Å²) in [6.07, 6.45) is -0.404. The third-order valence-corrected chi connectivity index (χ3v) is 5.79. The summed E-state index contributed by atoms with van der Waals surface area (Å²) in [5, 5.41) is 11.9. The summed E-state index contributed by atoms with van der Waals surface area (Å²) < 4.78 is 0. The molecular formula is C23H29N3O3. The van der Waals surface area contributed by atoms with E-state index in [9.17, 15) is 14.7 Å². The average molecular weight is 396 g/mol. The summed E-state index contributed by atoms with van der Waals surface area (Å²) in [7, 11) is 3.72. The molecule has 0 saturated heterocycles. The first-order valence-electron chi connectivity index (χ1n) is 9.69. The number of nitrogens with one attached hydrogen (secondary N) is 1. The number of nitrogens with zero attached hydrogens (tertiary/aromatic N) is 2. The van der Waals surface area contributed by atoms with Crippen LogP contribution in [0.5, 0.6) is 0 Å². The molecule has 0 spiro atoms. The first-order valence-corrected chi connectivity index (χ1v) is 9.69. The molecule has 1 atom stereocenters. The molecule has 3 rings (SSSR count). The smallest absolute Gasteiger partial charge is 0.409 e. The van der Waals surface area contributed by atoms with Crippen LogP contribution < -0.4 is 15.1 Å². The van der Waals surface area contributed by atoms with Crippen molar-refractivity contribution in [2.45, 2.75) is 45.1 Å². The highest BCUT2D eigenvalue weighted by atomic mass is 16.4. The fraction of sp³-hybridized carbons (Fsp3) is 0.391. The Morgan fingerprint density at radius 3 is 2.24 bits per heavy atom. The Balaban J connectivity index is 2.37. The van der Waals surface area contributed by atoms with Crippen LogP contribution in [0, 0.1) is 0 Å². The first-order chi connectivity index (χ1) is 13.5. The Morgan fingerprint density at radius 1 is 1.10 bits per heavy atom. The number of carbonyl (C=O) groups is 2. The van der Waals surface area contributed by atoms with E-state index in [4.69, 9.17) is 0 Å². The van der Waals surface area contributed by atoms with E-state index in [0.717, 1.165) is 16.8 Å². The predicted molar refractivity (Wildman–Crippen MR) is 117 cm³/mol. The van der Waals surface area contributed by atoms with E-state index in [-0.39, 0.29) is 11.3 Å². The molecular weight excluding hydrogens is 366 g/mol. The van der Waals surface area contributed by atoms with Crippen molar-refractivity contribution >= 4 is 29.1 Å². The van der Waals surface area contributed by atoms with Crippen molar-refractivity contribution in [1.29, 1.82) is 0 Å². The van der Waals surface area contributed by atoms with Crippen LogP contribution in [0.4, 0.5) is 21.9 Å². The molecule has 1 heterocycles. The topological polar surface area (TPSA) is 72.9 Å². The zero-order chi connectivity index (χ0) is 21.6. The zero-order valence-electron chi connectivity index (χ0n) is 17.9. The molecule has 2 aromatic carbocycles. The fourth-order valence-electron chi connectivity index (χ4n) is 4.81. The normalized spacial score (nSPS) is 20.0. The SMILES string of the molecule is CC(=O)N1c2cc(N(C)C)c(NC(=O)O)cc2C(C)(c2ccccc2)CC1(C)C. The number of benzene rings is 2. The molecule has 29 heavy (non-hydrogen) atoms. The van der Waals surface area contributed by atoms with Gasteiger partial charge in [0.25, 0.3) is 0 Å². The molecule has 0 aliphatic carbocycles. The minimum absolute atomic E-state index is 0.0324. The molecule has 1 aliphatic heterocycles. The Hall–Kier alpha value is -3.02. The molecule has 0 bridgehead atoms. The van der Waals surface area contributed by atoms with Gasteiger partial charge in [0.2, 0.25) is 5.91 Å². The van der Waals surface area contributed by atoms with Crippen LogP contribution in [-0.4, -0.2) is 36.7 Å². The number of rotatable bonds is 3. The number of amides is 2. The van der Waals surface area contributed by atoms with Gasteiger partial charge in [0.1, 0.15) is 0 Å². The second-order valence-corrected chi connectivity index (χ2v) is 8.75. The number of hydrogen-bond acceptors (Lipinski definition) is 3. The van der Waals surface area contributed by atoms with Crippen molar-refractivity contribution in [3.63, 3.8) is 0 Å². The number of hydrogen-bond donors (Lipinski definition) is 2. The van der Waals surface area contributed by atoms with E-state index in [1.807, 2.05) is 54.2 Å². The fourth-order valence-corrected chi connectivity index (χ4v) is 4.81. The minimum atomic E-state index is -1.12. The van der Waals surface area contributed by atoms with Crippen LogP contribution in [0.3, 0.4) is 0 Å². The average Bonchev–Trinajstić information content (AvgIpc) is 2.61. The van der Waals surface area contributed by atoms with Crippen LogP contribution in [0.15, 0.2) is 42.5 Å². The lowest BCUT2D eigenvalue weighted by Crippen LogP contribution is -2.55. The first kappa shape index (κ1) is 20.7. The van der Waals surface area contributed by atoms with Crippen LogP contribution >= 0.6 is 0 Å². The van der Waals surface area contributed by atoms with Gasteiger partial charge in [-0.2, -0.15) is 0 Å². The van der Waals surface area contributed by atoms with Crippen molar-refractivity contribution in [3.8, 4) is 0 Å². The Bertz CT molecular complexity index is 953. The third-order valence-electron chi connectivity index (χ3n) is 5.79. The molecule has 0 radical (unpaired) electrons. The molecule has 0 aromatic heterocycles. The van der Waals surface area contributed by atoms with Gasteiger partial charge in [0.05, 0.1) is 17.1 Å². The lowest BCUT2D eigenvalue weighted by atomic mass is 9.65. The third kappa shape index (κ3) is 3.55. The van der Waals surface area contributed by atoms with Gasteiger partial charge in [-0.25, -0.2) is 4.79 Å².